The Hall–Kier alpha value is -2.18. The highest BCUT2D eigenvalue weighted by Crippen LogP contribution is 2.36. The number of likely N-dealkylation sites (N-methyl/N-ethyl adjacent to an activating group) is 1. The monoisotopic (exact) mass is 278 g/mol. The maximum absolute atomic E-state index is 12.1. The van der Waals surface area contributed by atoms with E-state index in [0.717, 1.165) is 25.7 Å². The van der Waals surface area contributed by atoms with Gasteiger partial charge in [-0.25, -0.2) is 0 Å². The Kier molecular flexibility index (Phi) is 4.16. The lowest BCUT2D eigenvalue weighted by Crippen LogP contribution is -2.48. The number of nitrogens with one attached hydrogen (secondary N) is 1. The normalized spacial score (nSPS) is 16.6. The van der Waals surface area contributed by atoms with Gasteiger partial charge in [-0.05, 0) is 18.9 Å². The van der Waals surface area contributed by atoms with E-state index in [1.165, 1.54) is 17.4 Å². The van der Waals surface area contributed by atoms with Crippen molar-refractivity contribution in [1.82, 2.24) is 20.4 Å². The van der Waals surface area contributed by atoms with Crippen LogP contribution in [0.3, 0.4) is 0 Å². The molecule has 0 unspecified atom stereocenters. The Morgan fingerprint density at radius 2 is 2.25 bits per heavy atom. The molecule has 0 aromatic carbocycles. The molecule has 0 aliphatic heterocycles. The topological polar surface area (TPSA) is 88.3 Å². The summed E-state index contributed by atoms with van der Waals surface area (Å²) in [6.07, 6.45) is 5.98. The van der Waals surface area contributed by atoms with E-state index in [0.29, 0.717) is 5.82 Å². The number of nitrogens with zero attached hydrogens (tertiary/aromatic N) is 3. The Morgan fingerprint density at radius 3 is 2.80 bits per heavy atom. The van der Waals surface area contributed by atoms with Gasteiger partial charge >= 0.3 is 0 Å². The van der Waals surface area contributed by atoms with Crippen LogP contribution in [-0.4, -0.2) is 40.4 Å². The van der Waals surface area contributed by atoms with Crippen molar-refractivity contribution < 1.29 is 14.1 Å². The Balaban J connectivity index is 2.04. The molecule has 1 aromatic heterocycles. The van der Waals surface area contributed by atoms with E-state index in [2.05, 4.69) is 22.0 Å². The van der Waals surface area contributed by atoms with Gasteiger partial charge < -0.3 is 14.7 Å². The third kappa shape index (κ3) is 2.87. The Bertz CT molecular complexity index is 492. The van der Waals surface area contributed by atoms with Crippen molar-refractivity contribution in [1.29, 1.82) is 0 Å². The maximum atomic E-state index is 12.1. The molecule has 108 valence electrons. The number of hydrogen-bond acceptors (Lipinski definition) is 5. The summed E-state index contributed by atoms with van der Waals surface area (Å²) >= 11 is 0. The molecule has 1 aliphatic rings. The molecule has 0 radical (unpaired) electrons. The summed E-state index contributed by atoms with van der Waals surface area (Å²) in [5, 5.41) is 6.81. The van der Waals surface area contributed by atoms with Gasteiger partial charge in [-0.2, -0.15) is 4.98 Å². The van der Waals surface area contributed by atoms with Crippen LogP contribution in [-0.2, 0) is 15.1 Å². The van der Waals surface area contributed by atoms with E-state index >= 15 is 0 Å². The number of rotatable bonds is 5. The Morgan fingerprint density at radius 1 is 1.55 bits per heavy atom. The fourth-order valence-electron chi connectivity index (χ4n) is 2.52. The fourth-order valence-corrected chi connectivity index (χ4v) is 2.52. The molecule has 1 aromatic rings. The quantitative estimate of drug-likeness (QED) is 0.797. The van der Waals surface area contributed by atoms with Gasteiger partial charge in [0.2, 0.25) is 18.2 Å². The zero-order chi connectivity index (χ0) is 14.6. The van der Waals surface area contributed by atoms with E-state index in [1.807, 2.05) is 0 Å². The van der Waals surface area contributed by atoms with Gasteiger partial charge in [0.25, 0.3) is 0 Å². The van der Waals surface area contributed by atoms with Crippen molar-refractivity contribution in [3.05, 3.63) is 24.9 Å². The van der Waals surface area contributed by atoms with Crippen LogP contribution in [0, 0.1) is 0 Å². The summed E-state index contributed by atoms with van der Waals surface area (Å²) < 4.78 is 4.78. The second-order valence-corrected chi connectivity index (χ2v) is 4.99. The molecular weight excluding hydrogens is 260 g/mol. The first-order valence-corrected chi connectivity index (χ1v) is 6.53. The molecule has 2 rings (SSSR count). The van der Waals surface area contributed by atoms with Crippen molar-refractivity contribution in [2.45, 2.75) is 31.2 Å². The lowest BCUT2D eigenvalue weighted by molar-refractivity contribution is -0.132. The highest BCUT2D eigenvalue weighted by atomic mass is 16.5. The van der Waals surface area contributed by atoms with Crippen LogP contribution in [0.15, 0.2) is 23.6 Å². The number of aromatic nitrogens is 2. The second kappa shape index (κ2) is 5.85. The summed E-state index contributed by atoms with van der Waals surface area (Å²) in [5.41, 5.74) is -0.567. The fraction of sp³-hybridized carbons (Fsp3) is 0.538. The standard InChI is InChI=1S/C13H18N4O3/c1-3-11(19)17(2)8-10(18)15-13(6-4-5-7-13)12-14-9-20-16-12/h3,9H,1,4-8H2,2H3,(H,15,18). The molecule has 1 aliphatic carbocycles. The van der Waals surface area contributed by atoms with Crippen molar-refractivity contribution >= 4 is 11.8 Å². The van der Waals surface area contributed by atoms with Crippen molar-refractivity contribution in [3.8, 4) is 0 Å². The minimum atomic E-state index is -0.567. The van der Waals surface area contributed by atoms with E-state index in [-0.39, 0.29) is 18.4 Å². The first-order chi connectivity index (χ1) is 9.57. The van der Waals surface area contributed by atoms with E-state index in [1.54, 1.807) is 7.05 Å². The van der Waals surface area contributed by atoms with Gasteiger partial charge in [0.1, 0.15) is 5.54 Å². The molecule has 1 heterocycles. The van der Waals surface area contributed by atoms with Crippen LogP contribution >= 0.6 is 0 Å². The third-order valence-corrected chi connectivity index (χ3v) is 3.56. The molecule has 0 atom stereocenters. The Labute approximate surface area is 117 Å². The van der Waals surface area contributed by atoms with Crippen molar-refractivity contribution in [2.75, 3.05) is 13.6 Å². The predicted octanol–water partition coefficient (Wildman–Crippen LogP) is 0.599. The average molecular weight is 278 g/mol. The molecule has 1 fully saturated rings. The predicted molar refractivity (Wildman–Crippen MR) is 70.4 cm³/mol. The third-order valence-electron chi connectivity index (χ3n) is 3.56. The lowest BCUT2D eigenvalue weighted by atomic mass is 9.96. The number of amides is 2. The van der Waals surface area contributed by atoms with E-state index < -0.39 is 5.54 Å². The molecule has 1 N–H and O–H groups in total. The minimum absolute atomic E-state index is 0.0234. The van der Waals surface area contributed by atoms with E-state index in [9.17, 15) is 9.59 Å². The van der Waals surface area contributed by atoms with Crippen LogP contribution in [0.4, 0.5) is 0 Å². The number of carbonyl (C=O) groups is 2. The summed E-state index contributed by atoms with van der Waals surface area (Å²) in [7, 11) is 1.55. The molecule has 1 saturated carbocycles. The van der Waals surface area contributed by atoms with Gasteiger partial charge in [-0.15, -0.1) is 0 Å². The highest BCUT2D eigenvalue weighted by molar-refractivity contribution is 5.90. The lowest BCUT2D eigenvalue weighted by Gasteiger charge is -2.27. The van der Waals surface area contributed by atoms with Crippen molar-refractivity contribution in [2.24, 2.45) is 0 Å². The van der Waals surface area contributed by atoms with Crippen LogP contribution in [0.5, 0.6) is 0 Å². The van der Waals surface area contributed by atoms with Crippen LogP contribution in [0.25, 0.3) is 0 Å². The van der Waals surface area contributed by atoms with Crippen LogP contribution in [0.1, 0.15) is 31.5 Å². The first kappa shape index (κ1) is 14.2. The molecule has 7 nitrogen and oxygen atoms in total. The summed E-state index contributed by atoms with van der Waals surface area (Å²) in [4.78, 5) is 28.9. The molecule has 20 heavy (non-hydrogen) atoms. The largest absolute Gasteiger partial charge is 0.343 e. The van der Waals surface area contributed by atoms with E-state index in [4.69, 9.17) is 4.52 Å². The van der Waals surface area contributed by atoms with Crippen molar-refractivity contribution in [3.63, 3.8) is 0 Å². The SMILES string of the molecule is C=CC(=O)N(C)CC(=O)NC1(c2ncon2)CCCC1. The average Bonchev–Trinajstić information content (AvgIpc) is 3.08. The van der Waals surface area contributed by atoms with Gasteiger partial charge in [0.15, 0.2) is 5.82 Å². The van der Waals surface area contributed by atoms with Gasteiger partial charge in [0, 0.05) is 7.05 Å². The van der Waals surface area contributed by atoms with Gasteiger partial charge in [-0.3, -0.25) is 9.59 Å². The molecule has 2 amide bonds. The summed E-state index contributed by atoms with van der Waals surface area (Å²) in [6, 6.07) is 0. The smallest absolute Gasteiger partial charge is 0.246 e. The van der Waals surface area contributed by atoms with Crippen LogP contribution in [0.2, 0.25) is 0 Å². The van der Waals surface area contributed by atoms with Gasteiger partial charge in [0.05, 0.1) is 6.54 Å². The summed E-state index contributed by atoms with van der Waals surface area (Å²) in [6.45, 7) is 3.37. The number of hydrogen-bond donors (Lipinski definition) is 1. The zero-order valence-corrected chi connectivity index (χ0v) is 11.5. The molecule has 0 spiro atoms. The van der Waals surface area contributed by atoms with Gasteiger partial charge in [-0.1, -0.05) is 24.6 Å². The zero-order valence-electron chi connectivity index (χ0n) is 11.5. The molecular formula is C13H18N4O3. The van der Waals surface area contributed by atoms with Crippen LogP contribution < -0.4 is 5.32 Å². The first-order valence-electron chi connectivity index (χ1n) is 6.53. The maximum Gasteiger partial charge on any atom is 0.246 e. The minimum Gasteiger partial charge on any atom is -0.343 e. The second-order valence-electron chi connectivity index (χ2n) is 4.99. The number of carbonyl (C=O) groups excluding carboxylic acids is 2. The molecule has 7 heteroatoms. The molecule has 0 saturated heterocycles. The highest BCUT2D eigenvalue weighted by Gasteiger charge is 2.40. The molecule has 0 bridgehead atoms. The summed E-state index contributed by atoms with van der Waals surface area (Å²) in [5.74, 6) is -0.0318.